The second-order valence-electron chi connectivity index (χ2n) is 4.83. The number of hydrogen-bond donors (Lipinski definition) is 0. The van der Waals surface area contributed by atoms with E-state index in [4.69, 9.17) is 11.6 Å². The number of fused-ring (bicyclic) bond motifs is 1. The molecule has 24 heavy (non-hydrogen) atoms. The summed E-state index contributed by atoms with van der Waals surface area (Å²) in [7, 11) is 0. The van der Waals surface area contributed by atoms with Crippen LogP contribution in [0, 0.1) is 5.82 Å². The maximum atomic E-state index is 13.4. The van der Waals surface area contributed by atoms with E-state index in [1.165, 1.54) is 10.6 Å². The molecule has 4 aromatic heterocycles. The normalized spacial score (nSPS) is 11.1. The third kappa shape index (κ3) is 2.45. The van der Waals surface area contributed by atoms with Crippen molar-refractivity contribution in [2.45, 2.75) is 0 Å². The molecule has 9 heteroatoms. The quantitative estimate of drug-likeness (QED) is 0.514. The fourth-order valence-corrected chi connectivity index (χ4v) is 3.26. The average Bonchev–Trinajstić information content (AvgIpc) is 3.06. The molecule has 0 aliphatic heterocycles. The number of halogens is 2. The topological polar surface area (TPSA) is 73.6 Å². The molecule has 0 aliphatic carbocycles. The number of pyridine rings is 3. The van der Waals surface area contributed by atoms with Gasteiger partial charge in [-0.25, -0.2) is 9.37 Å². The summed E-state index contributed by atoms with van der Waals surface area (Å²) < 4.78 is 19.2. The number of rotatable bonds is 2. The van der Waals surface area contributed by atoms with Crippen LogP contribution in [0.4, 0.5) is 4.39 Å². The van der Waals surface area contributed by atoms with Crippen LogP contribution in [0.3, 0.4) is 0 Å². The van der Waals surface area contributed by atoms with Crippen LogP contribution in [0.15, 0.2) is 47.7 Å². The van der Waals surface area contributed by atoms with E-state index in [-0.39, 0.29) is 16.2 Å². The fourth-order valence-electron chi connectivity index (χ4n) is 2.24. The largest absolute Gasteiger partial charge is 0.289 e. The molecule has 4 rings (SSSR count). The van der Waals surface area contributed by atoms with E-state index in [9.17, 15) is 9.18 Å². The van der Waals surface area contributed by atoms with Crippen LogP contribution in [-0.2, 0) is 0 Å². The van der Waals surface area contributed by atoms with Gasteiger partial charge >= 0.3 is 0 Å². The summed E-state index contributed by atoms with van der Waals surface area (Å²) in [5.74, 6) is -0.116. The molecule has 0 radical (unpaired) electrons. The molecule has 0 bridgehead atoms. The van der Waals surface area contributed by atoms with Crippen LogP contribution < -0.4 is 5.43 Å². The summed E-state index contributed by atoms with van der Waals surface area (Å²) in [4.78, 5) is 24.5. The molecule has 0 atom stereocenters. The highest BCUT2D eigenvalue weighted by Crippen LogP contribution is 2.25. The van der Waals surface area contributed by atoms with Crippen molar-refractivity contribution < 1.29 is 4.39 Å². The summed E-state index contributed by atoms with van der Waals surface area (Å²) >= 11 is 7.28. The lowest BCUT2D eigenvalue weighted by Gasteiger charge is -2.08. The van der Waals surface area contributed by atoms with Crippen molar-refractivity contribution in [3.63, 3.8) is 0 Å². The molecule has 0 N–H and O–H groups in total. The second kappa shape index (κ2) is 5.73. The van der Waals surface area contributed by atoms with Gasteiger partial charge < -0.3 is 0 Å². The van der Waals surface area contributed by atoms with Gasteiger partial charge in [0.05, 0.1) is 11.6 Å². The van der Waals surface area contributed by atoms with Crippen molar-refractivity contribution in [1.82, 2.24) is 23.9 Å². The highest BCUT2D eigenvalue weighted by molar-refractivity contribution is 7.08. The lowest BCUT2D eigenvalue weighted by atomic mass is 10.2. The molecule has 0 amide bonds. The van der Waals surface area contributed by atoms with Gasteiger partial charge in [-0.15, -0.1) is 0 Å². The SMILES string of the molecule is O=c1cc(Cl)n(-c2nc(-c3cccnc3)ns2)c2ncc(F)cc12. The summed E-state index contributed by atoms with van der Waals surface area (Å²) in [6.45, 7) is 0. The zero-order chi connectivity index (χ0) is 16.7. The lowest BCUT2D eigenvalue weighted by Crippen LogP contribution is -2.10. The van der Waals surface area contributed by atoms with Crippen LogP contribution in [0.2, 0.25) is 5.15 Å². The highest BCUT2D eigenvalue weighted by atomic mass is 35.5. The number of nitrogens with zero attached hydrogens (tertiary/aromatic N) is 5. The summed E-state index contributed by atoms with van der Waals surface area (Å²) in [6, 6.07) is 5.94. The van der Waals surface area contributed by atoms with Gasteiger partial charge in [-0.2, -0.15) is 9.36 Å². The Morgan fingerprint density at radius 2 is 2.12 bits per heavy atom. The maximum Gasteiger partial charge on any atom is 0.216 e. The smallest absolute Gasteiger partial charge is 0.216 e. The Hall–Kier alpha value is -2.71. The predicted octanol–water partition coefficient (Wildman–Crippen LogP) is 3.09. The van der Waals surface area contributed by atoms with Crippen molar-refractivity contribution in [3.8, 4) is 16.5 Å². The minimum Gasteiger partial charge on any atom is -0.289 e. The predicted molar refractivity (Wildman–Crippen MR) is 89.0 cm³/mol. The number of aromatic nitrogens is 5. The van der Waals surface area contributed by atoms with Crippen molar-refractivity contribution in [2.24, 2.45) is 0 Å². The van der Waals surface area contributed by atoms with Crippen LogP contribution in [0.5, 0.6) is 0 Å². The summed E-state index contributed by atoms with van der Waals surface area (Å²) in [6.07, 6.45) is 4.32. The molecule has 0 aromatic carbocycles. The van der Waals surface area contributed by atoms with E-state index in [0.717, 1.165) is 29.4 Å². The molecule has 0 fully saturated rings. The van der Waals surface area contributed by atoms with E-state index in [1.807, 2.05) is 6.07 Å². The zero-order valence-corrected chi connectivity index (χ0v) is 13.4. The fraction of sp³-hybridized carbons (Fsp3) is 0. The first-order valence-electron chi connectivity index (χ1n) is 6.75. The minimum absolute atomic E-state index is 0.123. The molecule has 4 heterocycles. The van der Waals surface area contributed by atoms with E-state index in [1.54, 1.807) is 18.5 Å². The van der Waals surface area contributed by atoms with Crippen molar-refractivity contribution in [2.75, 3.05) is 0 Å². The Morgan fingerprint density at radius 1 is 1.25 bits per heavy atom. The molecule has 0 saturated heterocycles. The van der Waals surface area contributed by atoms with E-state index < -0.39 is 11.2 Å². The lowest BCUT2D eigenvalue weighted by molar-refractivity contribution is 0.623. The molecule has 4 aromatic rings. The Bertz CT molecular complexity index is 1110. The number of hydrogen-bond acceptors (Lipinski definition) is 6. The van der Waals surface area contributed by atoms with Crippen molar-refractivity contribution in [3.05, 3.63) is 64.0 Å². The van der Waals surface area contributed by atoms with Crippen LogP contribution in [0.25, 0.3) is 27.6 Å². The van der Waals surface area contributed by atoms with E-state index in [0.29, 0.717) is 11.0 Å². The molecule has 6 nitrogen and oxygen atoms in total. The van der Waals surface area contributed by atoms with Crippen LogP contribution in [-0.4, -0.2) is 23.9 Å². The summed E-state index contributed by atoms with van der Waals surface area (Å²) in [5, 5.41) is 0.668. The molecular weight excluding hydrogens is 353 g/mol. The van der Waals surface area contributed by atoms with Crippen molar-refractivity contribution in [1.29, 1.82) is 0 Å². The third-order valence-corrected chi connectivity index (χ3v) is 4.28. The van der Waals surface area contributed by atoms with Gasteiger partial charge in [0.1, 0.15) is 11.0 Å². The van der Waals surface area contributed by atoms with Gasteiger partial charge in [0.25, 0.3) is 0 Å². The van der Waals surface area contributed by atoms with E-state index >= 15 is 0 Å². The van der Waals surface area contributed by atoms with E-state index in [2.05, 4.69) is 19.3 Å². The van der Waals surface area contributed by atoms with Gasteiger partial charge in [0.2, 0.25) is 5.13 Å². The van der Waals surface area contributed by atoms with Gasteiger partial charge in [-0.3, -0.25) is 14.3 Å². The minimum atomic E-state index is -0.596. The zero-order valence-electron chi connectivity index (χ0n) is 11.8. The second-order valence-corrected chi connectivity index (χ2v) is 5.95. The Morgan fingerprint density at radius 3 is 2.92 bits per heavy atom. The molecule has 118 valence electrons. The first-order chi connectivity index (χ1) is 11.6. The van der Waals surface area contributed by atoms with Crippen LogP contribution in [0.1, 0.15) is 0 Å². The molecule has 0 spiro atoms. The first-order valence-corrected chi connectivity index (χ1v) is 7.90. The Balaban J connectivity index is 1.95. The standard InChI is InChI=1S/C15H7ClFN5OS/c16-12-5-11(23)10-4-9(17)7-19-14(10)22(12)15-20-13(21-24-15)8-2-1-3-18-6-8/h1-7H. The van der Waals surface area contributed by atoms with Crippen LogP contribution >= 0.6 is 23.1 Å². The molecular formula is C15H7ClFN5OS. The first kappa shape index (κ1) is 14.9. The molecule has 0 aliphatic rings. The molecule has 0 saturated carbocycles. The maximum absolute atomic E-state index is 13.4. The average molecular weight is 360 g/mol. The Kier molecular flexibility index (Phi) is 3.55. The van der Waals surface area contributed by atoms with Gasteiger partial charge in [-0.05, 0) is 18.2 Å². The Labute approximate surface area is 143 Å². The van der Waals surface area contributed by atoms with Gasteiger partial charge in [0, 0.05) is 35.6 Å². The van der Waals surface area contributed by atoms with Gasteiger partial charge in [-0.1, -0.05) is 11.6 Å². The monoisotopic (exact) mass is 359 g/mol. The molecule has 0 unspecified atom stereocenters. The third-order valence-electron chi connectivity index (χ3n) is 3.30. The van der Waals surface area contributed by atoms with Gasteiger partial charge in [0.15, 0.2) is 16.9 Å². The van der Waals surface area contributed by atoms with Crippen molar-refractivity contribution >= 4 is 34.2 Å². The summed E-state index contributed by atoms with van der Waals surface area (Å²) in [5.41, 5.74) is 0.568. The highest BCUT2D eigenvalue weighted by Gasteiger charge is 2.16.